The number of ether oxygens (including phenoxy) is 1. The largest absolute Gasteiger partial charge is 0.495 e. The average molecular weight is 401 g/mol. The van der Waals surface area contributed by atoms with E-state index in [0.29, 0.717) is 39.7 Å². The lowest BCUT2D eigenvalue weighted by atomic mass is 10.1. The Morgan fingerprint density at radius 1 is 1.00 bits per heavy atom. The van der Waals surface area contributed by atoms with E-state index in [0.717, 1.165) is 5.39 Å². The van der Waals surface area contributed by atoms with Crippen molar-refractivity contribution in [1.82, 2.24) is 4.98 Å². The van der Waals surface area contributed by atoms with Gasteiger partial charge in [-0.1, -0.05) is 18.2 Å². The molecule has 0 unspecified atom stereocenters. The number of fused-ring (bicyclic) bond motifs is 1. The van der Waals surface area contributed by atoms with E-state index >= 15 is 0 Å². The van der Waals surface area contributed by atoms with Crippen LogP contribution in [0.2, 0.25) is 0 Å². The van der Waals surface area contributed by atoms with Crippen molar-refractivity contribution in [1.29, 1.82) is 0 Å². The molecule has 0 saturated heterocycles. The van der Waals surface area contributed by atoms with Gasteiger partial charge in [0.05, 0.1) is 30.1 Å². The van der Waals surface area contributed by atoms with Crippen LogP contribution in [0.4, 0.5) is 11.4 Å². The summed E-state index contributed by atoms with van der Waals surface area (Å²) in [6, 6.07) is 17.7. The Labute approximate surface area is 172 Å². The fourth-order valence-corrected chi connectivity index (χ4v) is 3.19. The number of carbonyl (C=O) groups excluding carboxylic acids is 2. The van der Waals surface area contributed by atoms with Gasteiger partial charge in [-0.3, -0.25) is 9.59 Å². The van der Waals surface area contributed by atoms with Gasteiger partial charge in [0.2, 0.25) is 5.91 Å². The third-order valence-corrected chi connectivity index (χ3v) is 4.50. The number of hydrogen-bond donors (Lipinski definition) is 2. The number of nitrogens with one attached hydrogen (secondary N) is 2. The third kappa shape index (κ3) is 3.86. The van der Waals surface area contributed by atoms with E-state index in [1.165, 1.54) is 14.0 Å². The van der Waals surface area contributed by atoms with Gasteiger partial charge in [-0.15, -0.1) is 0 Å². The van der Waals surface area contributed by atoms with Crippen LogP contribution < -0.4 is 15.4 Å². The summed E-state index contributed by atoms with van der Waals surface area (Å²) in [4.78, 5) is 29.2. The Bertz CT molecular complexity index is 1230. The van der Waals surface area contributed by atoms with Crippen LogP contribution in [0.15, 0.2) is 71.3 Å². The van der Waals surface area contributed by atoms with Crippen LogP contribution in [-0.4, -0.2) is 23.9 Å². The minimum atomic E-state index is -0.305. The molecule has 0 aliphatic heterocycles. The minimum Gasteiger partial charge on any atom is -0.495 e. The number of nitrogens with zero attached hydrogens (tertiary/aromatic N) is 1. The number of aromatic nitrogens is 1. The molecule has 0 aliphatic rings. The maximum atomic E-state index is 13.1. The van der Waals surface area contributed by atoms with Crippen LogP contribution in [0.25, 0.3) is 22.4 Å². The molecule has 2 heterocycles. The molecule has 2 amide bonds. The zero-order chi connectivity index (χ0) is 21.1. The minimum absolute atomic E-state index is 0.236. The summed E-state index contributed by atoms with van der Waals surface area (Å²) in [7, 11) is 1.51. The number of methoxy groups -OCH3 is 1. The van der Waals surface area contributed by atoms with Crippen LogP contribution in [0.1, 0.15) is 17.3 Å². The first-order valence-corrected chi connectivity index (χ1v) is 9.26. The number of hydrogen-bond acceptors (Lipinski definition) is 5. The molecule has 30 heavy (non-hydrogen) atoms. The molecular weight excluding hydrogens is 382 g/mol. The zero-order valence-electron chi connectivity index (χ0n) is 16.4. The van der Waals surface area contributed by atoms with Crippen molar-refractivity contribution in [3.63, 3.8) is 0 Å². The number of pyridine rings is 1. The molecule has 4 rings (SSSR count). The van der Waals surface area contributed by atoms with E-state index in [1.807, 2.05) is 24.3 Å². The molecule has 7 heteroatoms. The highest BCUT2D eigenvalue weighted by Crippen LogP contribution is 2.29. The summed E-state index contributed by atoms with van der Waals surface area (Å²) in [5.41, 5.74) is 2.70. The molecule has 0 bridgehead atoms. The number of carbonyl (C=O) groups is 2. The summed E-state index contributed by atoms with van der Waals surface area (Å²) in [6.45, 7) is 1.41. The van der Waals surface area contributed by atoms with Crippen molar-refractivity contribution in [2.75, 3.05) is 17.7 Å². The van der Waals surface area contributed by atoms with Crippen molar-refractivity contribution in [3.8, 4) is 17.2 Å². The Morgan fingerprint density at radius 3 is 2.57 bits per heavy atom. The normalized spacial score (nSPS) is 10.6. The second-order valence-corrected chi connectivity index (χ2v) is 6.60. The molecule has 150 valence electrons. The molecule has 2 N–H and O–H groups in total. The summed E-state index contributed by atoms with van der Waals surface area (Å²) in [5.74, 6) is 0.533. The lowest BCUT2D eigenvalue weighted by Gasteiger charge is -2.13. The summed E-state index contributed by atoms with van der Waals surface area (Å²) < 4.78 is 10.7. The molecule has 2 aromatic carbocycles. The molecule has 0 saturated carbocycles. The average Bonchev–Trinajstić information content (AvgIpc) is 3.27. The van der Waals surface area contributed by atoms with Gasteiger partial charge in [0.25, 0.3) is 5.91 Å². The Hall–Kier alpha value is -4.13. The van der Waals surface area contributed by atoms with E-state index in [2.05, 4.69) is 15.6 Å². The maximum absolute atomic E-state index is 13.1. The molecule has 7 nitrogen and oxygen atoms in total. The summed E-state index contributed by atoms with van der Waals surface area (Å²) >= 11 is 0. The predicted octanol–water partition coefficient (Wildman–Crippen LogP) is 4.71. The molecule has 0 spiro atoms. The molecule has 2 aromatic heterocycles. The smallest absolute Gasteiger partial charge is 0.256 e. The maximum Gasteiger partial charge on any atom is 0.256 e. The lowest BCUT2D eigenvalue weighted by Crippen LogP contribution is -2.14. The first-order chi connectivity index (χ1) is 14.5. The van der Waals surface area contributed by atoms with E-state index in [4.69, 9.17) is 9.15 Å². The van der Waals surface area contributed by atoms with Gasteiger partial charge < -0.3 is 19.8 Å². The van der Waals surface area contributed by atoms with Crippen molar-refractivity contribution in [2.45, 2.75) is 6.92 Å². The fraction of sp³-hybridized carbons (Fsp3) is 0.0870. The van der Waals surface area contributed by atoms with Gasteiger partial charge in [-0.2, -0.15) is 0 Å². The van der Waals surface area contributed by atoms with Crippen molar-refractivity contribution >= 4 is 34.1 Å². The highest BCUT2D eigenvalue weighted by Gasteiger charge is 2.16. The molecule has 0 fully saturated rings. The van der Waals surface area contributed by atoms with Crippen LogP contribution in [0.5, 0.6) is 5.75 Å². The second kappa shape index (κ2) is 8.08. The van der Waals surface area contributed by atoms with Crippen LogP contribution in [-0.2, 0) is 4.79 Å². The van der Waals surface area contributed by atoms with Gasteiger partial charge in [0.15, 0.2) is 5.76 Å². The Kier molecular flexibility index (Phi) is 5.17. The summed E-state index contributed by atoms with van der Waals surface area (Å²) in [5, 5.41) is 6.30. The van der Waals surface area contributed by atoms with E-state index in [-0.39, 0.29) is 11.8 Å². The first-order valence-electron chi connectivity index (χ1n) is 9.26. The Morgan fingerprint density at radius 2 is 1.83 bits per heavy atom. The number of anilines is 2. The molecule has 0 radical (unpaired) electrons. The fourth-order valence-electron chi connectivity index (χ4n) is 3.19. The SMILES string of the molecule is COc1ccc(NC(=O)c2cc(-c3ccco3)nc3ccccc23)cc1NC(C)=O. The van der Waals surface area contributed by atoms with Gasteiger partial charge in [-0.25, -0.2) is 4.98 Å². The van der Waals surface area contributed by atoms with Gasteiger partial charge >= 0.3 is 0 Å². The molecular formula is C23H19N3O4. The van der Waals surface area contributed by atoms with Crippen molar-refractivity contribution in [2.24, 2.45) is 0 Å². The van der Waals surface area contributed by atoms with Crippen LogP contribution in [0, 0.1) is 0 Å². The van der Waals surface area contributed by atoms with Crippen LogP contribution in [0.3, 0.4) is 0 Å². The lowest BCUT2D eigenvalue weighted by molar-refractivity contribution is -0.114. The number of furan rings is 1. The highest BCUT2D eigenvalue weighted by molar-refractivity contribution is 6.13. The molecule has 0 atom stereocenters. The highest BCUT2D eigenvalue weighted by atomic mass is 16.5. The first kappa shape index (κ1) is 19.2. The number of para-hydroxylation sites is 1. The topological polar surface area (TPSA) is 93.5 Å². The van der Waals surface area contributed by atoms with Crippen molar-refractivity contribution < 1.29 is 18.7 Å². The standard InChI is InChI=1S/C23H19N3O4/c1-14(27)24-19-12-15(9-10-21(19)29-2)25-23(28)17-13-20(22-8-5-11-30-22)26-18-7-4-3-6-16(17)18/h3-13H,1-2H3,(H,24,27)(H,25,28). The number of amides is 2. The Balaban J connectivity index is 1.72. The number of rotatable bonds is 5. The van der Waals surface area contributed by atoms with Gasteiger partial charge in [0.1, 0.15) is 11.4 Å². The van der Waals surface area contributed by atoms with Crippen molar-refractivity contribution in [3.05, 3.63) is 72.5 Å². The van der Waals surface area contributed by atoms with E-state index < -0.39 is 0 Å². The third-order valence-electron chi connectivity index (χ3n) is 4.50. The summed E-state index contributed by atoms with van der Waals surface area (Å²) in [6.07, 6.45) is 1.56. The van der Waals surface area contributed by atoms with E-state index in [1.54, 1.807) is 42.7 Å². The number of benzene rings is 2. The predicted molar refractivity (Wildman–Crippen MR) is 115 cm³/mol. The quantitative estimate of drug-likeness (QED) is 0.505. The van der Waals surface area contributed by atoms with Gasteiger partial charge in [0, 0.05) is 18.0 Å². The monoisotopic (exact) mass is 401 g/mol. The second-order valence-electron chi connectivity index (χ2n) is 6.60. The van der Waals surface area contributed by atoms with E-state index in [9.17, 15) is 9.59 Å². The van der Waals surface area contributed by atoms with Crippen LogP contribution >= 0.6 is 0 Å². The molecule has 4 aromatic rings. The zero-order valence-corrected chi connectivity index (χ0v) is 16.4. The van der Waals surface area contributed by atoms with Gasteiger partial charge in [-0.05, 0) is 42.5 Å². The molecule has 0 aliphatic carbocycles.